The fourth-order valence-electron chi connectivity index (χ4n) is 1.19. The highest BCUT2D eigenvalue weighted by atomic mass is 127. The van der Waals surface area contributed by atoms with Gasteiger partial charge in [0.05, 0.1) is 5.52 Å². The number of rotatable bonds is 0. The van der Waals surface area contributed by atoms with Gasteiger partial charge in [-0.3, -0.25) is 4.68 Å². The van der Waals surface area contributed by atoms with Crippen molar-refractivity contribution in [1.82, 2.24) is 9.78 Å². The van der Waals surface area contributed by atoms with Crippen molar-refractivity contribution in [3.05, 3.63) is 26.9 Å². The lowest BCUT2D eigenvalue weighted by Crippen LogP contribution is -1.88. The van der Waals surface area contributed by atoms with Crippen molar-refractivity contribution in [1.29, 1.82) is 0 Å². The van der Waals surface area contributed by atoms with Crippen LogP contribution in [0.15, 0.2) is 18.2 Å². The first kappa shape index (κ1) is 8.31. The van der Waals surface area contributed by atoms with E-state index in [0.717, 1.165) is 19.6 Å². The van der Waals surface area contributed by atoms with Crippen LogP contribution in [0.5, 0.6) is 0 Å². The van der Waals surface area contributed by atoms with Gasteiger partial charge in [-0.1, -0.05) is 11.6 Å². The molecular formula is C8H6ClIN2. The van der Waals surface area contributed by atoms with Crippen LogP contribution in [-0.4, -0.2) is 9.78 Å². The first-order valence-corrected chi connectivity index (χ1v) is 4.92. The Balaban J connectivity index is 2.90. The molecule has 0 radical (unpaired) electrons. The lowest BCUT2D eigenvalue weighted by molar-refractivity contribution is 0.787. The summed E-state index contributed by atoms with van der Waals surface area (Å²) in [6.45, 7) is 0. The summed E-state index contributed by atoms with van der Waals surface area (Å²) in [4.78, 5) is 0. The maximum Gasteiger partial charge on any atom is 0.131 e. The fraction of sp³-hybridized carbons (Fsp3) is 0.125. The molecule has 0 unspecified atom stereocenters. The van der Waals surface area contributed by atoms with Crippen LogP contribution in [0.3, 0.4) is 0 Å². The van der Waals surface area contributed by atoms with Crippen molar-refractivity contribution < 1.29 is 0 Å². The van der Waals surface area contributed by atoms with Crippen molar-refractivity contribution in [2.24, 2.45) is 7.05 Å². The second kappa shape index (κ2) is 2.88. The molecule has 2 rings (SSSR count). The Hall–Kier alpha value is -0.290. The van der Waals surface area contributed by atoms with Crippen LogP contribution < -0.4 is 0 Å². The second-order valence-corrected chi connectivity index (χ2v) is 4.03. The minimum absolute atomic E-state index is 0.752. The summed E-state index contributed by atoms with van der Waals surface area (Å²) in [6.07, 6.45) is 0. The summed E-state index contributed by atoms with van der Waals surface area (Å²) in [6, 6.07) is 5.80. The Morgan fingerprint density at radius 2 is 2.25 bits per heavy atom. The summed E-state index contributed by atoms with van der Waals surface area (Å²) in [5.41, 5.74) is 1.08. The second-order valence-electron chi connectivity index (χ2n) is 2.58. The smallest absolute Gasteiger partial charge is 0.131 e. The van der Waals surface area contributed by atoms with Gasteiger partial charge in [-0.05, 0) is 40.8 Å². The molecule has 1 aromatic carbocycles. The van der Waals surface area contributed by atoms with Gasteiger partial charge in [0.2, 0.25) is 0 Å². The Morgan fingerprint density at radius 3 is 3.00 bits per heavy atom. The van der Waals surface area contributed by atoms with Crippen molar-refractivity contribution in [2.75, 3.05) is 0 Å². The highest BCUT2D eigenvalue weighted by Gasteiger charge is 2.04. The summed E-state index contributed by atoms with van der Waals surface area (Å²) >= 11 is 8.07. The number of fused-ring (bicyclic) bond motifs is 1. The van der Waals surface area contributed by atoms with Crippen LogP contribution in [0.4, 0.5) is 0 Å². The molecule has 0 spiro atoms. The Bertz CT molecular complexity index is 436. The van der Waals surface area contributed by atoms with Gasteiger partial charge in [0.25, 0.3) is 0 Å². The molecule has 4 heteroatoms. The van der Waals surface area contributed by atoms with E-state index in [0.29, 0.717) is 0 Å². The Labute approximate surface area is 88.7 Å². The average molecular weight is 293 g/mol. The van der Waals surface area contributed by atoms with Crippen LogP contribution in [0.25, 0.3) is 10.9 Å². The molecule has 1 heterocycles. The molecule has 2 aromatic rings. The van der Waals surface area contributed by atoms with E-state index in [4.69, 9.17) is 11.6 Å². The molecule has 0 atom stereocenters. The molecule has 2 nitrogen and oxygen atoms in total. The lowest BCUT2D eigenvalue weighted by atomic mass is 10.3. The SMILES string of the molecule is Cn1nc(I)c2ccc(Cl)cc21. The van der Waals surface area contributed by atoms with E-state index in [1.807, 2.05) is 29.9 Å². The molecule has 1 aromatic heterocycles. The predicted molar refractivity (Wildman–Crippen MR) is 58.4 cm³/mol. The molecule has 0 fully saturated rings. The maximum absolute atomic E-state index is 5.86. The zero-order valence-electron chi connectivity index (χ0n) is 6.38. The van der Waals surface area contributed by atoms with E-state index < -0.39 is 0 Å². The quantitative estimate of drug-likeness (QED) is 0.683. The van der Waals surface area contributed by atoms with E-state index in [9.17, 15) is 0 Å². The third-order valence-corrected chi connectivity index (χ3v) is 2.80. The topological polar surface area (TPSA) is 17.8 Å². The number of aryl methyl sites for hydroxylation is 1. The summed E-state index contributed by atoms with van der Waals surface area (Å²) in [7, 11) is 1.92. The highest BCUT2D eigenvalue weighted by Crippen LogP contribution is 2.22. The molecule has 0 aliphatic heterocycles. The molecule has 0 saturated heterocycles. The monoisotopic (exact) mass is 292 g/mol. The molecule has 0 aliphatic carbocycles. The predicted octanol–water partition coefficient (Wildman–Crippen LogP) is 2.83. The Morgan fingerprint density at radius 1 is 1.50 bits per heavy atom. The van der Waals surface area contributed by atoms with Crippen LogP contribution in [0, 0.1) is 3.70 Å². The summed E-state index contributed by atoms with van der Waals surface area (Å²) in [5, 5.41) is 6.18. The number of hydrogen-bond donors (Lipinski definition) is 0. The minimum atomic E-state index is 0.752. The van der Waals surface area contributed by atoms with Crippen molar-refractivity contribution in [2.45, 2.75) is 0 Å². The van der Waals surface area contributed by atoms with Gasteiger partial charge in [-0.25, -0.2) is 0 Å². The Kier molecular flexibility index (Phi) is 2.00. The standard InChI is InChI=1S/C8H6ClIN2/c1-12-7-4-5(9)2-3-6(7)8(10)11-12/h2-4H,1H3. The molecule has 0 aliphatic rings. The normalized spacial score (nSPS) is 10.9. The first-order valence-electron chi connectivity index (χ1n) is 3.46. The third kappa shape index (κ3) is 1.21. The minimum Gasteiger partial charge on any atom is -0.267 e. The number of halogens is 2. The zero-order valence-corrected chi connectivity index (χ0v) is 9.30. The zero-order chi connectivity index (χ0) is 8.72. The maximum atomic E-state index is 5.86. The van der Waals surface area contributed by atoms with E-state index >= 15 is 0 Å². The molecule has 0 amide bonds. The van der Waals surface area contributed by atoms with Crippen LogP contribution >= 0.6 is 34.2 Å². The van der Waals surface area contributed by atoms with Gasteiger partial charge in [-0.15, -0.1) is 0 Å². The van der Waals surface area contributed by atoms with Gasteiger partial charge in [-0.2, -0.15) is 5.10 Å². The highest BCUT2D eigenvalue weighted by molar-refractivity contribution is 14.1. The van der Waals surface area contributed by atoms with Crippen molar-refractivity contribution in [3.8, 4) is 0 Å². The number of hydrogen-bond acceptors (Lipinski definition) is 1. The van der Waals surface area contributed by atoms with Crippen LogP contribution in [-0.2, 0) is 7.05 Å². The number of aromatic nitrogens is 2. The van der Waals surface area contributed by atoms with Gasteiger partial charge >= 0.3 is 0 Å². The molecule has 0 saturated carbocycles. The molecule has 12 heavy (non-hydrogen) atoms. The molecule has 0 bridgehead atoms. The van der Waals surface area contributed by atoms with E-state index in [-0.39, 0.29) is 0 Å². The number of benzene rings is 1. The first-order chi connectivity index (χ1) is 5.68. The largest absolute Gasteiger partial charge is 0.267 e. The van der Waals surface area contributed by atoms with Gasteiger partial charge in [0.15, 0.2) is 0 Å². The van der Waals surface area contributed by atoms with Crippen LogP contribution in [0.1, 0.15) is 0 Å². The molecular weight excluding hydrogens is 286 g/mol. The van der Waals surface area contributed by atoms with Gasteiger partial charge in [0, 0.05) is 17.5 Å². The number of nitrogens with zero attached hydrogens (tertiary/aromatic N) is 2. The van der Waals surface area contributed by atoms with E-state index in [1.54, 1.807) is 0 Å². The van der Waals surface area contributed by atoms with Crippen molar-refractivity contribution in [3.63, 3.8) is 0 Å². The van der Waals surface area contributed by atoms with Crippen molar-refractivity contribution >= 4 is 45.1 Å². The van der Waals surface area contributed by atoms with Gasteiger partial charge < -0.3 is 0 Å². The third-order valence-electron chi connectivity index (χ3n) is 1.77. The summed E-state index contributed by atoms with van der Waals surface area (Å²) in [5.74, 6) is 0. The van der Waals surface area contributed by atoms with Gasteiger partial charge in [0.1, 0.15) is 3.70 Å². The molecule has 0 N–H and O–H groups in total. The van der Waals surface area contributed by atoms with E-state index in [2.05, 4.69) is 27.7 Å². The van der Waals surface area contributed by atoms with E-state index in [1.165, 1.54) is 0 Å². The summed E-state index contributed by atoms with van der Waals surface area (Å²) < 4.78 is 2.85. The lowest BCUT2D eigenvalue weighted by Gasteiger charge is -1.93. The average Bonchev–Trinajstić information content (AvgIpc) is 2.28. The van der Waals surface area contributed by atoms with Crippen LogP contribution in [0.2, 0.25) is 5.02 Å². The fourth-order valence-corrected chi connectivity index (χ4v) is 2.13. The molecule has 62 valence electrons.